The first-order valence-corrected chi connectivity index (χ1v) is 7.38. The monoisotopic (exact) mass is 307 g/mol. The van der Waals surface area contributed by atoms with Gasteiger partial charge in [-0.25, -0.2) is 4.39 Å². The molecule has 2 aromatic carbocycles. The first-order valence-electron chi connectivity index (χ1n) is 7.01. The van der Waals surface area contributed by atoms with Crippen LogP contribution < -0.4 is 5.32 Å². The number of aliphatic hydroxyl groups is 1. The van der Waals surface area contributed by atoms with Gasteiger partial charge in [0.15, 0.2) is 0 Å². The van der Waals surface area contributed by atoms with Crippen LogP contribution in [0.4, 0.5) is 4.39 Å². The molecular weight excluding hydrogens is 289 g/mol. The quantitative estimate of drug-likeness (QED) is 0.838. The largest absolute Gasteiger partial charge is 0.392 e. The van der Waals surface area contributed by atoms with Crippen LogP contribution in [0.25, 0.3) is 0 Å². The fourth-order valence-corrected chi connectivity index (χ4v) is 2.52. The van der Waals surface area contributed by atoms with Gasteiger partial charge in [-0.1, -0.05) is 36.7 Å². The zero-order valence-corrected chi connectivity index (χ0v) is 12.7. The van der Waals surface area contributed by atoms with Gasteiger partial charge in [0.1, 0.15) is 5.82 Å². The van der Waals surface area contributed by atoms with Crippen LogP contribution in [0.1, 0.15) is 36.1 Å². The lowest BCUT2D eigenvalue weighted by atomic mass is 10.0. The molecule has 4 heteroatoms. The molecule has 2 aromatic rings. The van der Waals surface area contributed by atoms with Crippen molar-refractivity contribution < 1.29 is 9.50 Å². The van der Waals surface area contributed by atoms with E-state index in [1.165, 1.54) is 6.07 Å². The third kappa shape index (κ3) is 4.27. The molecule has 112 valence electrons. The summed E-state index contributed by atoms with van der Waals surface area (Å²) >= 11 is 6.02. The highest BCUT2D eigenvalue weighted by Crippen LogP contribution is 2.21. The molecule has 0 saturated carbocycles. The Balaban J connectivity index is 2.06. The van der Waals surface area contributed by atoms with Crippen LogP contribution in [-0.2, 0) is 13.2 Å². The standard InChI is InChI=1S/C17H19ClFNO/c1-2-17(13-4-3-5-15(18)9-13)20-10-12-6-7-16(19)14(8-12)11-21/h3-9,17,20-21H,2,10-11H2,1H3. The summed E-state index contributed by atoms with van der Waals surface area (Å²) in [7, 11) is 0. The van der Waals surface area contributed by atoms with E-state index in [9.17, 15) is 4.39 Å². The fraction of sp³-hybridized carbons (Fsp3) is 0.294. The second kappa shape index (κ2) is 7.55. The topological polar surface area (TPSA) is 32.3 Å². The highest BCUT2D eigenvalue weighted by atomic mass is 35.5. The van der Waals surface area contributed by atoms with E-state index in [-0.39, 0.29) is 18.5 Å². The van der Waals surface area contributed by atoms with Crippen LogP contribution in [-0.4, -0.2) is 5.11 Å². The zero-order chi connectivity index (χ0) is 15.2. The van der Waals surface area contributed by atoms with Crippen molar-refractivity contribution >= 4 is 11.6 Å². The summed E-state index contributed by atoms with van der Waals surface area (Å²) in [6, 6.07) is 12.8. The van der Waals surface area contributed by atoms with Gasteiger partial charge in [-0.15, -0.1) is 0 Å². The second-order valence-electron chi connectivity index (χ2n) is 4.98. The maximum atomic E-state index is 13.3. The van der Waals surface area contributed by atoms with Crippen molar-refractivity contribution in [3.8, 4) is 0 Å². The van der Waals surface area contributed by atoms with Gasteiger partial charge in [0, 0.05) is 23.2 Å². The van der Waals surface area contributed by atoms with Gasteiger partial charge in [0.2, 0.25) is 0 Å². The van der Waals surface area contributed by atoms with Crippen molar-refractivity contribution in [1.82, 2.24) is 5.32 Å². The van der Waals surface area contributed by atoms with E-state index in [4.69, 9.17) is 16.7 Å². The second-order valence-corrected chi connectivity index (χ2v) is 5.42. The summed E-state index contributed by atoms with van der Waals surface area (Å²) in [4.78, 5) is 0. The van der Waals surface area contributed by atoms with Crippen molar-refractivity contribution in [3.63, 3.8) is 0 Å². The van der Waals surface area contributed by atoms with E-state index in [0.717, 1.165) is 22.6 Å². The summed E-state index contributed by atoms with van der Waals surface area (Å²) < 4.78 is 13.3. The van der Waals surface area contributed by atoms with Crippen LogP contribution in [0, 0.1) is 5.82 Å². The number of hydrogen-bond acceptors (Lipinski definition) is 2. The molecule has 0 bridgehead atoms. The summed E-state index contributed by atoms with van der Waals surface area (Å²) in [5, 5.41) is 13.3. The Morgan fingerprint density at radius 2 is 2.05 bits per heavy atom. The number of halogens is 2. The molecule has 0 saturated heterocycles. The van der Waals surface area contributed by atoms with Gasteiger partial charge in [0.05, 0.1) is 6.61 Å². The molecule has 0 aliphatic carbocycles. The van der Waals surface area contributed by atoms with E-state index in [1.54, 1.807) is 12.1 Å². The predicted molar refractivity (Wildman–Crippen MR) is 83.6 cm³/mol. The van der Waals surface area contributed by atoms with Gasteiger partial charge in [0.25, 0.3) is 0 Å². The predicted octanol–water partition coefficient (Wildman–Crippen LogP) is 4.21. The first kappa shape index (κ1) is 16.0. The Labute approximate surface area is 129 Å². The average molecular weight is 308 g/mol. The number of rotatable bonds is 6. The first-order chi connectivity index (χ1) is 10.1. The maximum absolute atomic E-state index is 13.3. The van der Waals surface area contributed by atoms with Crippen LogP contribution in [0.3, 0.4) is 0 Å². The molecule has 0 amide bonds. The van der Waals surface area contributed by atoms with Gasteiger partial charge >= 0.3 is 0 Å². The molecule has 0 aromatic heterocycles. The molecule has 21 heavy (non-hydrogen) atoms. The minimum Gasteiger partial charge on any atom is -0.392 e. The summed E-state index contributed by atoms with van der Waals surface area (Å²) in [5.41, 5.74) is 2.40. The minimum atomic E-state index is -0.372. The normalized spacial score (nSPS) is 12.4. The van der Waals surface area contributed by atoms with Gasteiger partial charge in [-0.05, 0) is 41.8 Å². The van der Waals surface area contributed by atoms with Crippen molar-refractivity contribution in [2.75, 3.05) is 0 Å². The Morgan fingerprint density at radius 1 is 1.24 bits per heavy atom. The smallest absolute Gasteiger partial charge is 0.128 e. The molecule has 0 heterocycles. The lowest BCUT2D eigenvalue weighted by Gasteiger charge is -2.18. The van der Waals surface area contributed by atoms with Crippen LogP contribution in [0.15, 0.2) is 42.5 Å². The van der Waals surface area contributed by atoms with Crippen molar-refractivity contribution in [1.29, 1.82) is 0 Å². The number of benzene rings is 2. The Morgan fingerprint density at radius 3 is 2.71 bits per heavy atom. The lowest BCUT2D eigenvalue weighted by molar-refractivity contribution is 0.275. The van der Waals surface area contributed by atoms with Crippen molar-refractivity contribution in [2.45, 2.75) is 32.5 Å². The fourth-order valence-electron chi connectivity index (χ4n) is 2.32. The molecule has 1 unspecified atom stereocenters. The third-order valence-electron chi connectivity index (χ3n) is 3.49. The summed E-state index contributed by atoms with van der Waals surface area (Å²) in [6.45, 7) is 2.42. The molecular formula is C17H19ClFNO. The van der Waals surface area contributed by atoms with E-state index in [0.29, 0.717) is 12.1 Å². The van der Waals surface area contributed by atoms with Gasteiger partial charge in [-0.3, -0.25) is 0 Å². The van der Waals surface area contributed by atoms with Gasteiger partial charge < -0.3 is 10.4 Å². The molecule has 0 spiro atoms. The Hall–Kier alpha value is -1.42. The molecule has 1 atom stereocenters. The Kier molecular flexibility index (Phi) is 5.74. The zero-order valence-electron chi connectivity index (χ0n) is 11.9. The molecule has 2 N–H and O–H groups in total. The molecule has 0 aliphatic rings. The van der Waals surface area contributed by atoms with Crippen LogP contribution in [0.2, 0.25) is 5.02 Å². The Bertz CT molecular complexity index is 603. The third-order valence-corrected chi connectivity index (χ3v) is 3.73. The molecule has 2 nitrogen and oxygen atoms in total. The minimum absolute atomic E-state index is 0.186. The maximum Gasteiger partial charge on any atom is 0.128 e. The molecule has 0 aliphatic heterocycles. The summed E-state index contributed by atoms with van der Waals surface area (Å²) in [5.74, 6) is -0.372. The average Bonchev–Trinajstić information content (AvgIpc) is 2.49. The number of hydrogen-bond donors (Lipinski definition) is 2. The number of nitrogens with one attached hydrogen (secondary N) is 1. The van der Waals surface area contributed by atoms with Gasteiger partial charge in [-0.2, -0.15) is 0 Å². The molecule has 2 rings (SSSR count). The molecule has 0 radical (unpaired) electrons. The van der Waals surface area contributed by atoms with E-state index >= 15 is 0 Å². The number of aliphatic hydroxyl groups excluding tert-OH is 1. The lowest BCUT2D eigenvalue weighted by Crippen LogP contribution is -2.20. The van der Waals surface area contributed by atoms with Crippen molar-refractivity contribution in [2.24, 2.45) is 0 Å². The van der Waals surface area contributed by atoms with E-state index in [1.807, 2.05) is 24.3 Å². The molecule has 0 fully saturated rings. The van der Waals surface area contributed by atoms with E-state index in [2.05, 4.69) is 12.2 Å². The SMILES string of the molecule is CCC(NCc1ccc(F)c(CO)c1)c1cccc(Cl)c1. The van der Waals surface area contributed by atoms with Crippen molar-refractivity contribution in [3.05, 3.63) is 70.0 Å². The van der Waals surface area contributed by atoms with Crippen LogP contribution >= 0.6 is 11.6 Å². The van der Waals surface area contributed by atoms with E-state index < -0.39 is 0 Å². The highest BCUT2D eigenvalue weighted by Gasteiger charge is 2.10. The highest BCUT2D eigenvalue weighted by molar-refractivity contribution is 6.30. The van der Waals surface area contributed by atoms with Crippen LogP contribution in [0.5, 0.6) is 0 Å². The summed E-state index contributed by atoms with van der Waals surface area (Å²) in [6.07, 6.45) is 0.925.